The molecule has 1 atom stereocenters. The van der Waals surface area contributed by atoms with E-state index in [1.54, 1.807) is 25.0 Å². The molecule has 1 unspecified atom stereocenters. The first-order valence-corrected chi connectivity index (χ1v) is 9.65. The molecule has 0 heterocycles. The smallest absolute Gasteiger partial charge is 0.242 e. The van der Waals surface area contributed by atoms with Gasteiger partial charge in [0.25, 0.3) is 0 Å². The minimum Gasteiger partial charge on any atom is -0.497 e. The zero-order valence-corrected chi connectivity index (χ0v) is 17.5. The first-order chi connectivity index (χ1) is 13.3. The molecule has 0 bridgehead atoms. The maximum Gasteiger partial charge on any atom is 0.242 e. The van der Waals surface area contributed by atoms with Crippen molar-refractivity contribution in [3.05, 3.63) is 64.7 Å². The molecule has 2 aromatic rings. The number of carbonyl (C=O) groups excluding carboxylic acids is 2. The molecule has 150 valence electrons. The summed E-state index contributed by atoms with van der Waals surface area (Å²) >= 11 is 6.08. The highest BCUT2D eigenvalue weighted by atomic mass is 35.5. The van der Waals surface area contributed by atoms with Gasteiger partial charge in [-0.25, -0.2) is 0 Å². The summed E-state index contributed by atoms with van der Waals surface area (Å²) in [7, 11) is 1.60. The maximum absolute atomic E-state index is 13.1. The second-order valence-electron chi connectivity index (χ2n) is 7.02. The summed E-state index contributed by atoms with van der Waals surface area (Å²) in [4.78, 5) is 27.2. The van der Waals surface area contributed by atoms with E-state index in [0.717, 1.165) is 16.9 Å². The van der Waals surface area contributed by atoms with Crippen LogP contribution in [0.5, 0.6) is 5.75 Å². The lowest BCUT2D eigenvalue weighted by Crippen LogP contribution is -2.49. The first kappa shape index (κ1) is 21.8. The highest BCUT2D eigenvalue weighted by Crippen LogP contribution is 2.17. The molecule has 0 aliphatic heterocycles. The Labute approximate surface area is 171 Å². The molecule has 5 nitrogen and oxygen atoms in total. The molecule has 0 spiro atoms. The van der Waals surface area contributed by atoms with Crippen LogP contribution in [-0.4, -0.2) is 35.9 Å². The molecule has 2 rings (SSSR count). The zero-order valence-electron chi connectivity index (χ0n) is 16.7. The number of carbonyl (C=O) groups is 2. The van der Waals surface area contributed by atoms with Crippen molar-refractivity contribution in [3.63, 3.8) is 0 Å². The van der Waals surface area contributed by atoms with Crippen LogP contribution in [0.3, 0.4) is 0 Å². The molecule has 0 aliphatic rings. The van der Waals surface area contributed by atoms with E-state index in [-0.39, 0.29) is 24.3 Å². The number of rotatable bonds is 8. The van der Waals surface area contributed by atoms with Gasteiger partial charge in [0.05, 0.1) is 13.5 Å². The van der Waals surface area contributed by atoms with Gasteiger partial charge in [0.15, 0.2) is 0 Å². The first-order valence-electron chi connectivity index (χ1n) is 9.27. The highest BCUT2D eigenvalue weighted by molar-refractivity contribution is 6.30. The molecule has 0 aromatic heterocycles. The van der Waals surface area contributed by atoms with Gasteiger partial charge in [0, 0.05) is 17.6 Å². The number of methoxy groups -OCH3 is 1. The second kappa shape index (κ2) is 10.1. The van der Waals surface area contributed by atoms with Crippen LogP contribution >= 0.6 is 11.6 Å². The third-order valence-corrected chi connectivity index (χ3v) is 4.59. The van der Waals surface area contributed by atoms with Gasteiger partial charge in [-0.05, 0) is 56.2 Å². The Balaban J connectivity index is 2.22. The molecule has 2 amide bonds. The van der Waals surface area contributed by atoms with Gasteiger partial charge in [-0.2, -0.15) is 0 Å². The zero-order chi connectivity index (χ0) is 20.7. The molecule has 0 saturated carbocycles. The summed E-state index contributed by atoms with van der Waals surface area (Å²) in [6.45, 7) is 5.84. The number of benzene rings is 2. The summed E-state index contributed by atoms with van der Waals surface area (Å²) in [5, 5.41) is 3.48. The SMILES string of the molecule is COc1ccc(CC(=O)N(Cc2cccc(Cl)c2)C(C)C(=O)NC(C)C)cc1. The third kappa shape index (κ3) is 6.27. The Bertz CT molecular complexity index is 806. The van der Waals surface area contributed by atoms with E-state index < -0.39 is 6.04 Å². The fourth-order valence-electron chi connectivity index (χ4n) is 2.84. The summed E-state index contributed by atoms with van der Waals surface area (Å²) in [5.74, 6) is 0.424. The average molecular weight is 403 g/mol. The fraction of sp³-hybridized carbons (Fsp3) is 0.364. The van der Waals surface area contributed by atoms with Crippen molar-refractivity contribution in [2.24, 2.45) is 0 Å². The summed E-state index contributed by atoms with van der Waals surface area (Å²) < 4.78 is 5.16. The van der Waals surface area contributed by atoms with Crippen molar-refractivity contribution in [1.82, 2.24) is 10.2 Å². The van der Waals surface area contributed by atoms with E-state index in [1.165, 1.54) is 0 Å². The molecule has 2 aromatic carbocycles. The van der Waals surface area contributed by atoms with Gasteiger partial charge in [-0.3, -0.25) is 9.59 Å². The van der Waals surface area contributed by atoms with Crippen LogP contribution < -0.4 is 10.1 Å². The number of nitrogens with one attached hydrogen (secondary N) is 1. The number of amides is 2. The Kier molecular flexibility index (Phi) is 7.88. The molecule has 1 N–H and O–H groups in total. The van der Waals surface area contributed by atoms with Crippen molar-refractivity contribution in [2.45, 2.75) is 45.8 Å². The largest absolute Gasteiger partial charge is 0.497 e. The molecule has 0 radical (unpaired) electrons. The van der Waals surface area contributed by atoms with Gasteiger partial charge in [-0.15, -0.1) is 0 Å². The number of halogens is 1. The summed E-state index contributed by atoms with van der Waals surface area (Å²) in [6, 6.07) is 14.1. The van der Waals surface area contributed by atoms with Crippen LogP contribution in [0.1, 0.15) is 31.9 Å². The standard InChI is InChI=1S/C22H27ClN2O3/c1-15(2)24-22(27)16(3)25(14-18-6-5-7-19(23)12-18)21(26)13-17-8-10-20(28-4)11-9-17/h5-12,15-16H,13-14H2,1-4H3,(H,24,27). The van der Waals surface area contributed by atoms with Crippen LogP contribution in [0, 0.1) is 0 Å². The molecule has 0 fully saturated rings. The van der Waals surface area contributed by atoms with Gasteiger partial charge < -0.3 is 15.0 Å². The Hall–Kier alpha value is -2.53. The average Bonchev–Trinajstić information content (AvgIpc) is 2.65. The van der Waals surface area contributed by atoms with E-state index in [1.807, 2.05) is 56.3 Å². The fourth-order valence-corrected chi connectivity index (χ4v) is 3.05. The van der Waals surface area contributed by atoms with Crippen molar-refractivity contribution >= 4 is 23.4 Å². The van der Waals surface area contributed by atoms with Crippen molar-refractivity contribution in [3.8, 4) is 5.75 Å². The van der Waals surface area contributed by atoms with E-state index in [0.29, 0.717) is 11.6 Å². The Morgan fingerprint density at radius 2 is 1.75 bits per heavy atom. The molecule has 0 saturated heterocycles. The number of nitrogens with zero attached hydrogens (tertiary/aromatic N) is 1. The molecular formula is C22H27ClN2O3. The Morgan fingerprint density at radius 1 is 1.07 bits per heavy atom. The van der Waals surface area contributed by atoms with Crippen LogP contribution in [0.25, 0.3) is 0 Å². The predicted molar refractivity (Wildman–Crippen MR) is 111 cm³/mol. The normalized spacial score (nSPS) is 11.8. The molecule has 28 heavy (non-hydrogen) atoms. The second-order valence-corrected chi connectivity index (χ2v) is 7.45. The third-order valence-electron chi connectivity index (χ3n) is 4.35. The lowest BCUT2D eigenvalue weighted by atomic mass is 10.1. The predicted octanol–water partition coefficient (Wildman–Crippen LogP) is 3.83. The lowest BCUT2D eigenvalue weighted by Gasteiger charge is -2.29. The number of hydrogen-bond acceptors (Lipinski definition) is 3. The highest BCUT2D eigenvalue weighted by Gasteiger charge is 2.26. The van der Waals surface area contributed by atoms with Crippen molar-refractivity contribution in [2.75, 3.05) is 7.11 Å². The topological polar surface area (TPSA) is 58.6 Å². The summed E-state index contributed by atoms with van der Waals surface area (Å²) in [6.07, 6.45) is 0.198. The van der Waals surface area contributed by atoms with Gasteiger partial charge >= 0.3 is 0 Å². The summed E-state index contributed by atoms with van der Waals surface area (Å²) in [5.41, 5.74) is 1.73. The van der Waals surface area contributed by atoms with Crippen LogP contribution in [-0.2, 0) is 22.6 Å². The van der Waals surface area contributed by atoms with Gasteiger partial charge in [0.1, 0.15) is 11.8 Å². The van der Waals surface area contributed by atoms with Gasteiger partial charge in [0.2, 0.25) is 11.8 Å². The number of hydrogen-bond donors (Lipinski definition) is 1. The van der Waals surface area contributed by atoms with E-state index in [4.69, 9.17) is 16.3 Å². The monoisotopic (exact) mass is 402 g/mol. The van der Waals surface area contributed by atoms with E-state index in [9.17, 15) is 9.59 Å². The van der Waals surface area contributed by atoms with Crippen molar-refractivity contribution < 1.29 is 14.3 Å². The Morgan fingerprint density at radius 3 is 2.32 bits per heavy atom. The lowest BCUT2D eigenvalue weighted by molar-refractivity contribution is -0.140. The van der Waals surface area contributed by atoms with Crippen LogP contribution in [0.2, 0.25) is 5.02 Å². The maximum atomic E-state index is 13.1. The van der Waals surface area contributed by atoms with E-state index in [2.05, 4.69) is 5.32 Å². The minimum atomic E-state index is -0.605. The number of ether oxygens (including phenoxy) is 1. The van der Waals surface area contributed by atoms with Gasteiger partial charge in [-0.1, -0.05) is 35.9 Å². The van der Waals surface area contributed by atoms with Crippen LogP contribution in [0.4, 0.5) is 0 Å². The molecule has 6 heteroatoms. The molecule has 0 aliphatic carbocycles. The quantitative estimate of drug-likeness (QED) is 0.729. The molecular weight excluding hydrogens is 376 g/mol. The van der Waals surface area contributed by atoms with Crippen LogP contribution in [0.15, 0.2) is 48.5 Å². The minimum absolute atomic E-state index is 0.000315. The van der Waals surface area contributed by atoms with Crippen molar-refractivity contribution in [1.29, 1.82) is 0 Å². The van der Waals surface area contributed by atoms with E-state index >= 15 is 0 Å².